The predicted octanol–water partition coefficient (Wildman–Crippen LogP) is 2.43. The summed E-state index contributed by atoms with van der Waals surface area (Å²) >= 11 is 0. The summed E-state index contributed by atoms with van der Waals surface area (Å²) in [5, 5.41) is 11.9. The standard InChI is InChI=1S/C14H25NO3/c1-9(2)4-5-10(3)15-13(16)11-6-7-12(8-11)14(17)18/h9-12H,4-8H2,1-3H3,(H,15,16)(H,17,18)/t10?,11-,12+/m1/s1. The Morgan fingerprint density at radius 1 is 1.17 bits per heavy atom. The number of rotatable bonds is 6. The molecule has 1 saturated carbocycles. The third-order valence-electron chi connectivity index (χ3n) is 3.72. The Balaban J connectivity index is 2.31. The van der Waals surface area contributed by atoms with Gasteiger partial charge in [0.15, 0.2) is 0 Å². The van der Waals surface area contributed by atoms with Gasteiger partial charge in [0.25, 0.3) is 0 Å². The van der Waals surface area contributed by atoms with Gasteiger partial charge >= 0.3 is 5.97 Å². The van der Waals surface area contributed by atoms with E-state index in [-0.39, 0.29) is 23.8 Å². The van der Waals surface area contributed by atoms with Crippen molar-refractivity contribution in [2.45, 2.75) is 58.9 Å². The van der Waals surface area contributed by atoms with Crippen LogP contribution in [0, 0.1) is 17.8 Å². The van der Waals surface area contributed by atoms with Gasteiger partial charge in [-0.05, 0) is 44.9 Å². The van der Waals surface area contributed by atoms with Gasteiger partial charge in [-0.25, -0.2) is 0 Å². The van der Waals surface area contributed by atoms with E-state index in [4.69, 9.17) is 5.11 Å². The second-order valence-electron chi connectivity index (χ2n) is 5.93. The van der Waals surface area contributed by atoms with Crippen LogP contribution < -0.4 is 5.32 Å². The number of amides is 1. The molecule has 0 spiro atoms. The molecule has 3 atom stereocenters. The number of aliphatic carboxylic acids is 1. The average molecular weight is 255 g/mol. The number of carboxylic acids is 1. The highest BCUT2D eigenvalue weighted by Crippen LogP contribution is 2.31. The lowest BCUT2D eigenvalue weighted by Crippen LogP contribution is -2.36. The maximum Gasteiger partial charge on any atom is 0.306 e. The summed E-state index contributed by atoms with van der Waals surface area (Å²) in [6, 6.07) is 0.184. The van der Waals surface area contributed by atoms with E-state index in [0.29, 0.717) is 25.2 Å². The number of nitrogens with one attached hydrogen (secondary N) is 1. The Hall–Kier alpha value is -1.06. The van der Waals surface area contributed by atoms with Crippen LogP contribution in [-0.2, 0) is 9.59 Å². The van der Waals surface area contributed by atoms with E-state index >= 15 is 0 Å². The molecule has 0 aromatic rings. The number of carboxylic acid groups (broad SMARTS) is 1. The van der Waals surface area contributed by atoms with Crippen molar-refractivity contribution in [2.24, 2.45) is 17.8 Å². The normalized spacial score (nSPS) is 25.1. The third-order valence-corrected chi connectivity index (χ3v) is 3.72. The maximum absolute atomic E-state index is 12.0. The number of carbonyl (C=O) groups is 2. The van der Waals surface area contributed by atoms with Crippen molar-refractivity contribution in [1.82, 2.24) is 5.32 Å². The average Bonchev–Trinajstić information content (AvgIpc) is 2.75. The van der Waals surface area contributed by atoms with E-state index in [2.05, 4.69) is 19.2 Å². The van der Waals surface area contributed by atoms with Gasteiger partial charge in [-0.3, -0.25) is 9.59 Å². The van der Waals surface area contributed by atoms with E-state index in [1.54, 1.807) is 0 Å². The van der Waals surface area contributed by atoms with Gasteiger partial charge in [0.1, 0.15) is 0 Å². The molecule has 1 unspecified atom stereocenters. The van der Waals surface area contributed by atoms with Gasteiger partial charge in [0.05, 0.1) is 5.92 Å². The summed E-state index contributed by atoms with van der Waals surface area (Å²) < 4.78 is 0. The molecular formula is C14H25NO3. The van der Waals surface area contributed by atoms with Crippen LogP contribution in [0.5, 0.6) is 0 Å². The fourth-order valence-electron chi connectivity index (χ4n) is 2.46. The molecule has 0 aromatic heterocycles. The first kappa shape index (κ1) is 15.0. The Morgan fingerprint density at radius 2 is 1.78 bits per heavy atom. The SMILES string of the molecule is CC(C)CCC(C)NC(=O)[C@@H]1CC[C@H](C(=O)O)C1. The van der Waals surface area contributed by atoms with Crippen LogP contribution in [0.3, 0.4) is 0 Å². The molecule has 4 heteroatoms. The first-order valence-corrected chi connectivity index (χ1v) is 6.93. The fraction of sp³-hybridized carbons (Fsp3) is 0.857. The minimum absolute atomic E-state index is 0.0370. The summed E-state index contributed by atoms with van der Waals surface area (Å²) in [6.45, 7) is 6.36. The van der Waals surface area contributed by atoms with Crippen molar-refractivity contribution in [2.75, 3.05) is 0 Å². The molecule has 0 aliphatic heterocycles. The lowest BCUT2D eigenvalue weighted by atomic mass is 10.0. The van der Waals surface area contributed by atoms with Crippen molar-refractivity contribution in [3.8, 4) is 0 Å². The molecule has 0 aromatic carbocycles. The summed E-state index contributed by atoms with van der Waals surface area (Å²) in [5.74, 6) is -0.514. The lowest BCUT2D eigenvalue weighted by molar-refractivity contribution is -0.141. The zero-order valence-corrected chi connectivity index (χ0v) is 11.6. The highest BCUT2D eigenvalue weighted by atomic mass is 16.4. The monoisotopic (exact) mass is 255 g/mol. The van der Waals surface area contributed by atoms with E-state index in [9.17, 15) is 9.59 Å². The molecule has 0 saturated heterocycles. The minimum atomic E-state index is -0.766. The maximum atomic E-state index is 12.0. The summed E-state index contributed by atoms with van der Waals surface area (Å²) in [7, 11) is 0. The van der Waals surface area contributed by atoms with Crippen LogP contribution >= 0.6 is 0 Å². The Labute approximate surface area is 109 Å². The molecular weight excluding hydrogens is 230 g/mol. The van der Waals surface area contributed by atoms with Gasteiger partial charge < -0.3 is 10.4 Å². The lowest BCUT2D eigenvalue weighted by Gasteiger charge is -2.17. The van der Waals surface area contributed by atoms with E-state index in [0.717, 1.165) is 12.8 Å². The molecule has 1 amide bonds. The molecule has 1 aliphatic rings. The van der Waals surface area contributed by atoms with E-state index in [1.165, 1.54) is 0 Å². The van der Waals surface area contributed by atoms with Crippen LogP contribution in [0.25, 0.3) is 0 Å². The van der Waals surface area contributed by atoms with Crippen molar-refractivity contribution >= 4 is 11.9 Å². The second kappa shape index (κ2) is 6.76. The van der Waals surface area contributed by atoms with Gasteiger partial charge in [0, 0.05) is 12.0 Å². The Bertz CT molecular complexity index is 301. The minimum Gasteiger partial charge on any atom is -0.481 e. The second-order valence-corrected chi connectivity index (χ2v) is 5.93. The van der Waals surface area contributed by atoms with Crippen molar-refractivity contribution in [3.63, 3.8) is 0 Å². The Morgan fingerprint density at radius 3 is 2.28 bits per heavy atom. The van der Waals surface area contributed by atoms with Crippen molar-refractivity contribution in [1.29, 1.82) is 0 Å². The van der Waals surface area contributed by atoms with E-state index in [1.807, 2.05) is 6.92 Å². The highest BCUT2D eigenvalue weighted by Gasteiger charge is 2.34. The number of hydrogen-bond donors (Lipinski definition) is 2. The van der Waals surface area contributed by atoms with Crippen LogP contribution in [0.2, 0.25) is 0 Å². The quantitative estimate of drug-likeness (QED) is 0.766. The largest absolute Gasteiger partial charge is 0.481 e. The molecule has 0 bridgehead atoms. The summed E-state index contributed by atoms with van der Waals surface area (Å²) in [4.78, 5) is 22.8. The molecule has 1 aliphatic carbocycles. The van der Waals surface area contributed by atoms with Gasteiger partial charge in [-0.15, -0.1) is 0 Å². The fourth-order valence-corrected chi connectivity index (χ4v) is 2.46. The smallest absolute Gasteiger partial charge is 0.306 e. The third kappa shape index (κ3) is 4.67. The van der Waals surface area contributed by atoms with Crippen LogP contribution in [0.15, 0.2) is 0 Å². The zero-order chi connectivity index (χ0) is 13.7. The molecule has 0 heterocycles. The molecule has 4 nitrogen and oxygen atoms in total. The number of hydrogen-bond acceptors (Lipinski definition) is 2. The first-order chi connectivity index (χ1) is 8.40. The number of carbonyl (C=O) groups excluding carboxylic acids is 1. The van der Waals surface area contributed by atoms with Crippen LogP contribution in [-0.4, -0.2) is 23.0 Å². The molecule has 104 valence electrons. The molecule has 0 radical (unpaired) electrons. The molecule has 1 fully saturated rings. The molecule has 18 heavy (non-hydrogen) atoms. The topological polar surface area (TPSA) is 66.4 Å². The Kier molecular flexibility index (Phi) is 5.63. The van der Waals surface area contributed by atoms with Crippen molar-refractivity contribution < 1.29 is 14.7 Å². The van der Waals surface area contributed by atoms with Gasteiger partial charge in [-0.1, -0.05) is 13.8 Å². The van der Waals surface area contributed by atoms with Gasteiger partial charge in [-0.2, -0.15) is 0 Å². The van der Waals surface area contributed by atoms with Gasteiger partial charge in [0.2, 0.25) is 5.91 Å². The molecule has 1 rings (SSSR count). The van der Waals surface area contributed by atoms with E-state index < -0.39 is 5.97 Å². The predicted molar refractivity (Wildman–Crippen MR) is 70.1 cm³/mol. The summed E-state index contributed by atoms with van der Waals surface area (Å²) in [6.07, 6.45) is 3.92. The first-order valence-electron chi connectivity index (χ1n) is 6.93. The van der Waals surface area contributed by atoms with Crippen molar-refractivity contribution in [3.05, 3.63) is 0 Å². The summed E-state index contributed by atoms with van der Waals surface area (Å²) in [5.41, 5.74) is 0. The van der Waals surface area contributed by atoms with Crippen LogP contribution in [0.4, 0.5) is 0 Å². The highest BCUT2D eigenvalue weighted by molar-refractivity contribution is 5.81. The van der Waals surface area contributed by atoms with Crippen LogP contribution in [0.1, 0.15) is 52.9 Å². The molecule has 2 N–H and O–H groups in total. The zero-order valence-electron chi connectivity index (χ0n) is 11.6.